The molecule has 1 aliphatic rings. The summed E-state index contributed by atoms with van der Waals surface area (Å²) >= 11 is 0.955. The first-order valence-corrected chi connectivity index (χ1v) is 8.32. The summed E-state index contributed by atoms with van der Waals surface area (Å²) in [4.78, 5) is 23.4. The first kappa shape index (κ1) is 15.6. The molecule has 0 radical (unpaired) electrons. The molecule has 2 amide bonds. The molecule has 0 spiro atoms. The van der Waals surface area contributed by atoms with Gasteiger partial charge in [0.05, 0.1) is 4.91 Å². The van der Waals surface area contributed by atoms with Crippen LogP contribution in [0.1, 0.15) is 22.5 Å². The third-order valence-corrected chi connectivity index (χ3v) is 4.82. The fraction of sp³-hybridized carbons (Fsp3) is 0.222. The van der Waals surface area contributed by atoms with Crippen molar-refractivity contribution in [2.24, 2.45) is 0 Å². The van der Waals surface area contributed by atoms with Gasteiger partial charge in [-0.3, -0.25) is 14.9 Å². The predicted molar refractivity (Wildman–Crippen MR) is 93.2 cm³/mol. The van der Waals surface area contributed by atoms with Crippen molar-refractivity contribution >= 4 is 29.0 Å². The number of thioether (sulfide) groups is 1. The van der Waals surface area contributed by atoms with Crippen LogP contribution in [-0.4, -0.2) is 15.7 Å². The van der Waals surface area contributed by atoms with Gasteiger partial charge >= 0.3 is 0 Å². The Labute approximate surface area is 139 Å². The molecule has 1 fully saturated rings. The molecule has 118 valence electrons. The van der Waals surface area contributed by atoms with Crippen molar-refractivity contribution in [2.75, 3.05) is 0 Å². The first-order valence-electron chi connectivity index (χ1n) is 7.50. The third kappa shape index (κ3) is 3.40. The Morgan fingerprint density at radius 2 is 1.91 bits per heavy atom. The zero-order valence-corrected chi connectivity index (χ0v) is 13.9. The molecule has 2 heterocycles. The predicted octanol–water partition coefficient (Wildman–Crippen LogP) is 3.67. The van der Waals surface area contributed by atoms with Gasteiger partial charge in [-0.05, 0) is 55.3 Å². The SMILES string of the molecule is Cc1cc(/C=C2\SC(=O)NC2=O)c(C)n1CCc1ccccc1. The van der Waals surface area contributed by atoms with Gasteiger partial charge in [0, 0.05) is 17.9 Å². The number of hydrogen-bond acceptors (Lipinski definition) is 3. The molecule has 0 atom stereocenters. The molecule has 1 aromatic heterocycles. The average Bonchev–Trinajstić information content (AvgIpc) is 2.98. The van der Waals surface area contributed by atoms with E-state index in [1.807, 2.05) is 25.1 Å². The second kappa shape index (κ2) is 6.46. The zero-order valence-electron chi connectivity index (χ0n) is 13.1. The van der Waals surface area contributed by atoms with Crippen LogP contribution in [0, 0.1) is 13.8 Å². The van der Waals surface area contributed by atoms with E-state index < -0.39 is 0 Å². The minimum Gasteiger partial charge on any atom is -0.348 e. The second-order valence-electron chi connectivity index (χ2n) is 5.57. The van der Waals surface area contributed by atoms with E-state index in [9.17, 15) is 9.59 Å². The molecular weight excluding hydrogens is 308 g/mol. The molecular formula is C18H18N2O2S. The molecule has 1 saturated heterocycles. The van der Waals surface area contributed by atoms with Gasteiger partial charge in [0.25, 0.3) is 11.1 Å². The fourth-order valence-corrected chi connectivity index (χ4v) is 3.44. The lowest BCUT2D eigenvalue weighted by atomic mass is 10.1. The molecule has 5 heteroatoms. The number of imide groups is 1. The summed E-state index contributed by atoms with van der Waals surface area (Å²) in [7, 11) is 0. The number of aromatic nitrogens is 1. The minimum absolute atomic E-state index is 0.306. The highest BCUT2D eigenvalue weighted by atomic mass is 32.2. The zero-order chi connectivity index (χ0) is 16.4. The van der Waals surface area contributed by atoms with E-state index in [2.05, 4.69) is 35.0 Å². The Bertz CT molecular complexity index is 791. The standard InChI is InChI=1S/C18H18N2O2S/c1-12-10-15(11-16-17(21)19-18(22)23-16)13(2)20(12)9-8-14-6-4-3-5-7-14/h3-7,10-11H,8-9H2,1-2H3,(H,19,21,22)/b16-11-. The summed E-state index contributed by atoms with van der Waals surface area (Å²) < 4.78 is 2.25. The lowest BCUT2D eigenvalue weighted by molar-refractivity contribution is -0.115. The van der Waals surface area contributed by atoms with Crippen LogP contribution >= 0.6 is 11.8 Å². The van der Waals surface area contributed by atoms with Crippen molar-refractivity contribution in [3.63, 3.8) is 0 Å². The van der Waals surface area contributed by atoms with E-state index in [0.717, 1.165) is 41.7 Å². The van der Waals surface area contributed by atoms with Gasteiger partial charge in [0.2, 0.25) is 0 Å². The Hall–Kier alpha value is -2.27. The number of rotatable bonds is 4. The van der Waals surface area contributed by atoms with Crippen LogP contribution in [0.5, 0.6) is 0 Å². The van der Waals surface area contributed by atoms with Crippen LogP contribution in [0.4, 0.5) is 4.79 Å². The normalized spacial score (nSPS) is 16.2. The number of benzene rings is 1. The number of nitrogens with one attached hydrogen (secondary N) is 1. The number of aryl methyl sites for hydroxylation is 2. The number of amides is 2. The molecule has 1 N–H and O–H groups in total. The first-order chi connectivity index (χ1) is 11.0. The lowest BCUT2D eigenvalue weighted by Crippen LogP contribution is -2.17. The van der Waals surface area contributed by atoms with E-state index in [1.165, 1.54) is 5.56 Å². The van der Waals surface area contributed by atoms with E-state index in [4.69, 9.17) is 0 Å². The van der Waals surface area contributed by atoms with Gasteiger partial charge in [-0.25, -0.2) is 0 Å². The molecule has 0 unspecified atom stereocenters. The van der Waals surface area contributed by atoms with Crippen molar-refractivity contribution in [3.05, 3.63) is 63.8 Å². The van der Waals surface area contributed by atoms with Crippen LogP contribution in [0.2, 0.25) is 0 Å². The fourth-order valence-electron chi connectivity index (χ4n) is 2.77. The lowest BCUT2D eigenvalue weighted by Gasteiger charge is -2.09. The Kier molecular flexibility index (Phi) is 4.39. The van der Waals surface area contributed by atoms with Gasteiger partial charge in [-0.1, -0.05) is 30.3 Å². The molecule has 2 aromatic rings. The molecule has 4 nitrogen and oxygen atoms in total. The topological polar surface area (TPSA) is 51.1 Å². The van der Waals surface area contributed by atoms with Crippen molar-refractivity contribution in [1.29, 1.82) is 0 Å². The summed E-state index contributed by atoms with van der Waals surface area (Å²) in [5.41, 5.74) is 4.55. The Morgan fingerprint density at radius 3 is 2.57 bits per heavy atom. The van der Waals surface area contributed by atoms with Crippen molar-refractivity contribution in [3.8, 4) is 0 Å². The molecule has 0 bridgehead atoms. The van der Waals surface area contributed by atoms with Gasteiger partial charge in [-0.15, -0.1) is 0 Å². The van der Waals surface area contributed by atoms with Gasteiger partial charge in [0.15, 0.2) is 0 Å². The molecule has 0 aliphatic carbocycles. The van der Waals surface area contributed by atoms with E-state index in [-0.39, 0.29) is 11.1 Å². The molecule has 23 heavy (non-hydrogen) atoms. The highest BCUT2D eigenvalue weighted by Gasteiger charge is 2.25. The van der Waals surface area contributed by atoms with E-state index in [0.29, 0.717) is 4.91 Å². The summed E-state index contributed by atoms with van der Waals surface area (Å²) in [5.74, 6) is -0.311. The molecule has 3 rings (SSSR count). The Morgan fingerprint density at radius 1 is 1.17 bits per heavy atom. The van der Waals surface area contributed by atoms with Crippen molar-refractivity contribution < 1.29 is 9.59 Å². The molecule has 1 aliphatic heterocycles. The van der Waals surface area contributed by atoms with Crippen molar-refractivity contribution in [1.82, 2.24) is 9.88 Å². The van der Waals surface area contributed by atoms with Gasteiger partial charge < -0.3 is 4.57 Å². The highest BCUT2D eigenvalue weighted by molar-refractivity contribution is 8.18. The highest BCUT2D eigenvalue weighted by Crippen LogP contribution is 2.27. The maximum atomic E-state index is 11.7. The summed E-state index contributed by atoms with van der Waals surface area (Å²) in [6.07, 6.45) is 2.76. The maximum Gasteiger partial charge on any atom is 0.290 e. The van der Waals surface area contributed by atoms with Gasteiger partial charge in [-0.2, -0.15) is 0 Å². The summed E-state index contributed by atoms with van der Waals surface area (Å²) in [5, 5.41) is 1.98. The summed E-state index contributed by atoms with van der Waals surface area (Å²) in [6, 6.07) is 12.4. The van der Waals surface area contributed by atoms with E-state index >= 15 is 0 Å². The largest absolute Gasteiger partial charge is 0.348 e. The average molecular weight is 326 g/mol. The van der Waals surface area contributed by atoms with Crippen LogP contribution in [0.25, 0.3) is 6.08 Å². The minimum atomic E-state index is -0.311. The molecule has 0 saturated carbocycles. The number of hydrogen-bond donors (Lipinski definition) is 1. The smallest absolute Gasteiger partial charge is 0.290 e. The van der Waals surface area contributed by atoms with E-state index in [1.54, 1.807) is 6.08 Å². The number of carbonyl (C=O) groups is 2. The van der Waals surface area contributed by atoms with Crippen LogP contribution in [0.15, 0.2) is 41.3 Å². The van der Waals surface area contributed by atoms with Crippen molar-refractivity contribution in [2.45, 2.75) is 26.8 Å². The third-order valence-electron chi connectivity index (χ3n) is 4.01. The van der Waals surface area contributed by atoms with Crippen LogP contribution in [-0.2, 0) is 17.8 Å². The van der Waals surface area contributed by atoms with Gasteiger partial charge in [0.1, 0.15) is 0 Å². The maximum absolute atomic E-state index is 11.7. The van der Waals surface area contributed by atoms with Crippen LogP contribution < -0.4 is 5.32 Å². The monoisotopic (exact) mass is 326 g/mol. The quantitative estimate of drug-likeness (QED) is 0.872. The molecule has 1 aromatic carbocycles. The Balaban J connectivity index is 1.81. The summed E-state index contributed by atoms with van der Waals surface area (Å²) in [6.45, 7) is 5.00. The number of nitrogens with zero attached hydrogens (tertiary/aromatic N) is 1. The van der Waals surface area contributed by atoms with Crippen LogP contribution in [0.3, 0.4) is 0 Å². The number of carbonyl (C=O) groups excluding carboxylic acids is 2. The second-order valence-corrected chi connectivity index (χ2v) is 6.58.